The van der Waals surface area contributed by atoms with Crippen LogP contribution in [0.2, 0.25) is 0 Å². The molecular formula is C12H18N2O5S. The Kier molecular flexibility index (Phi) is 6.23. The summed E-state index contributed by atoms with van der Waals surface area (Å²) in [6.07, 6.45) is 0.133. The molecule has 1 aromatic rings. The number of methoxy groups -OCH3 is 2. The summed E-state index contributed by atoms with van der Waals surface area (Å²) in [5.41, 5.74) is 0.680. The average Bonchev–Trinajstić information content (AvgIpc) is 2.77. The van der Waals surface area contributed by atoms with E-state index in [4.69, 9.17) is 14.6 Å². The van der Waals surface area contributed by atoms with Gasteiger partial charge in [0.15, 0.2) is 0 Å². The normalized spacial score (nSPS) is 11.8. The monoisotopic (exact) mass is 302 g/mol. The molecule has 112 valence electrons. The summed E-state index contributed by atoms with van der Waals surface area (Å²) < 4.78 is 14.3. The number of carbonyl (C=O) groups excluding carboxylic acids is 1. The van der Waals surface area contributed by atoms with Crippen molar-refractivity contribution in [3.8, 4) is 10.9 Å². The largest absolute Gasteiger partial charge is 0.486 e. The van der Waals surface area contributed by atoms with E-state index in [2.05, 4.69) is 9.69 Å². The summed E-state index contributed by atoms with van der Waals surface area (Å²) in [5.74, 6) is -0.910. The zero-order valence-corrected chi connectivity index (χ0v) is 12.5. The van der Waals surface area contributed by atoms with E-state index < -0.39 is 5.97 Å². The topological polar surface area (TPSA) is 97.8 Å². The first-order chi connectivity index (χ1) is 9.47. The quantitative estimate of drug-likeness (QED) is 0.750. The van der Waals surface area contributed by atoms with Crippen LogP contribution >= 0.6 is 11.5 Å². The molecule has 8 heteroatoms. The van der Waals surface area contributed by atoms with E-state index in [-0.39, 0.29) is 31.2 Å². The molecule has 0 saturated heterocycles. The molecule has 1 unspecified atom stereocenters. The summed E-state index contributed by atoms with van der Waals surface area (Å²) in [6, 6.07) is 0. The molecular weight excluding hydrogens is 284 g/mol. The van der Waals surface area contributed by atoms with Gasteiger partial charge in [0.05, 0.1) is 26.3 Å². The Bertz CT molecular complexity index is 453. The van der Waals surface area contributed by atoms with Crippen molar-refractivity contribution in [1.82, 2.24) is 9.69 Å². The molecule has 1 rings (SSSR count). The minimum atomic E-state index is -0.907. The third-order valence-corrected chi connectivity index (χ3v) is 3.45. The highest BCUT2D eigenvalue weighted by atomic mass is 32.1. The molecule has 0 fully saturated rings. The predicted molar refractivity (Wildman–Crippen MR) is 73.1 cm³/mol. The number of nitrogens with zero attached hydrogens (tertiary/aromatic N) is 1. The van der Waals surface area contributed by atoms with Crippen LogP contribution in [-0.4, -0.2) is 35.6 Å². The fraction of sp³-hybridized carbons (Fsp3) is 0.583. The van der Waals surface area contributed by atoms with E-state index in [9.17, 15) is 9.59 Å². The van der Waals surface area contributed by atoms with Crippen LogP contribution in [0.3, 0.4) is 0 Å². The van der Waals surface area contributed by atoms with Crippen LogP contribution in [-0.2, 0) is 16.1 Å². The van der Waals surface area contributed by atoms with Gasteiger partial charge in [-0.25, -0.2) is 0 Å². The second kappa shape index (κ2) is 7.68. The number of amides is 1. The molecule has 0 saturated carbocycles. The second-order valence-corrected chi connectivity index (χ2v) is 5.08. The Morgan fingerprint density at radius 3 is 2.60 bits per heavy atom. The van der Waals surface area contributed by atoms with Crippen LogP contribution in [0.25, 0.3) is 0 Å². The number of ether oxygens (including phenoxy) is 2. The van der Waals surface area contributed by atoms with Crippen LogP contribution in [0, 0.1) is 5.92 Å². The van der Waals surface area contributed by atoms with Gasteiger partial charge in [-0.3, -0.25) is 9.59 Å². The lowest BCUT2D eigenvalue weighted by Gasteiger charge is -2.10. The van der Waals surface area contributed by atoms with Gasteiger partial charge < -0.3 is 19.9 Å². The first-order valence-corrected chi connectivity index (χ1v) is 6.80. The number of nitrogens with one attached hydrogen (secondary N) is 1. The van der Waals surface area contributed by atoms with Gasteiger partial charge in [0.1, 0.15) is 0 Å². The van der Waals surface area contributed by atoms with Crippen molar-refractivity contribution >= 4 is 23.4 Å². The number of aromatic nitrogens is 1. The maximum atomic E-state index is 11.7. The lowest BCUT2D eigenvalue weighted by atomic mass is 10.0. The molecule has 1 aromatic heterocycles. The number of hydrogen-bond acceptors (Lipinski definition) is 6. The van der Waals surface area contributed by atoms with Crippen molar-refractivity contribution < 1.29 is 24.2 Å². The van der Waals surface area contributed by atoms with Crippen LogP contribution in [0.15, 0.2) is 0 Å². The van der Waals surface area contributed by atoms with Crippen molar-refractivity contribution in [3.63, 3.8) is 0 Å². The highest BCUT2D eigenvalue weighted by molar-refractivity contribution is 7.08. The van der Waals surface area contributed by atoms with Gasteiger partial charge in [-0.2, -0.15) is 4.37 Å². The van der Waals surface area contributed by atoms with E-state index in [1.165, 1.54) is 14.2 Å². The molecule has 1 atom stereocenters. The molecule has 0 aliphatic heterocycles. The molecule has 0 aliphatic rings. The van der Waals surface area contributed by atoms with Crippen LogP contribution in [0.4, 0.5) is 0 Å². The fourth-order valence-corrected chi connectivity index (χ4v) is 2.39. The molecule has 0 aliphatic carbocycles. The third kappa shape index (κ3) is 4.69. The summed E-state index contributed by atoms with van der Waals surface area (Å²) in [7, 11) is 3.02. The van der Waals surface area contributed by atoms with E-state index in [0.717, 1.165) is 11.5 Å². The van der Waals surface area contributed by atoms with Gasteiger partial charge in [0.25, 0.3) is 0 Å². The summed E-state index contributed by atoms with van der Waals surface area (Å²) in [5, 5.41) is 11.9. The molecule has 0 spiro atoms. The average molecular weight is 302 g/mol. The first-order valence-electron chi connectivity index (χ1n) is 6.02. The summed E-state index contributed by atoms with van der Waals surface area (Å²) in [4.78, 5) is 22.3. The molecule has 2 N–H and O–H groups in total. The van der Waals surface area contributed by atoms with Crippen molar-refractivity contribution in [3.05, 3.63) is 5.56 Å². The molecule has 0 radical (unpaired) electrons. The molecule has 20 heavy (non-hydrogen) atoms. The van der Waals surface area contributed by atoms with E-state index in [1.807, 2.05) is 0 Å². The third-order valence-electron chi connectivity index (χ3n) is 2.61. The smallest absolute Gasteiger partial charge is 0.303 e. The lowest BCUT2D eigenvalue weighted by molar-refractivity contribution is -0.138. The first kappa shape index (κ1) is 16.2. The van der Waals surface area contributed by atoms with Gasteiger partial charge >= 0.3 is 5.97 Å². The van der Waals surface area contributed by atoms with Crippen molar-refractivity contribution in [2.75, 3.05) is 14.2 Å². The number of carbonyl (C=O) groups is 2. The van der Waals surface area contributed by atoms with Crippen molar-refractivity contribution in [2.24, 2.45) is 5.92 Å². The van der Waals surface area contributed by atoms with Gasteiger partial charge in [-0.05, 0) is 5.92 Å². The minimum Gasteiger partial charge on any atom is -0.486 e. The Morgan fingerprint density at radius 2 is 2.05 bits per heavy atom. The Morgan fingerprint density at radius 1 is 1.35 bits per heavy atom. The van der Waals surface area contributed by atoms with Crippen LogP contribution < -0.4 is 14.8 Å². The minimum absolute atomic E-state index is 0.0277. The Balaban J connectivity index is 2.52. The maximum Gasteiger partial charge on any atom is 0.303 e. The number of carboxylic acids is 1. The number of hydrogen-bond donors (Lipinski definition) is 2. The zero-order valence-electron chi connectivity index (χ0n) is 11.6. The van der Waals surface area contributed by atoms with Gasteiger partial charge in [-0.1, -0.05) is 6.92 Å². The molecule has 7 nitrogen and oxygen atoms in total. The van der Waals surface area contributed by atoms with Gasteiger partial charge in [0.2, 0.25) is 16.9 Å². The van der Waals surface area contributed by atoms with Crippen LogP contribution in [0.5, 0.6) is 10.9 Å². The number of carboxylic acid groups (broad SMARTS) is 1. The zero-order chi connectivity index (χ0) is 15.1. The highest BCUT2D eigenvalue weighted by Gasteiger charge is 2.17. The molecule has 1 heterocycles. The summed E-state index contributed by atoms with van der Waals surface area (Å²) >= 11 is 1.15. The SMILES string of the molecule is COc1nsc(OC)c1CNC(=O)CC(C)CC(=O)O. The second-order valence-electron chi connectivity index (χ2n) is 4.35. The van der Waals surface area contributed by atoms with E-state index in [0.29, 0.717) is 16.5 Å². The molecule has 0 bridgehead atoms. The van der Waals surface area contributed by atoms with Gasteiger partial charge in [-0.15, -0.1) is 0 Å². The summed E-state index contributed by atoms with van der Waals surface area (Å²) in [6.45, 7) is 1.96. The predicted octanol–water partition coefficient (Wildman–Crippen LogP) is 1.28. The number of aliphatic carboxylic acids is 1. The van der Waals surface area contributed by atoms with E-state index >= 15 is 0 Å². The van der Waals surface area contributed by atoms with Crippen molar-refractivity contribution in [2.45, 2.75) is 26.3 Å². The fourth-order valence-electron chi connectivity index (χ4n) is 1.70. The molecule has 0 aromatic carbocycles. The van der Waals surface area contributed by atoms with Crippen LogP contribution in [0.1, 0.15) is 25.3 Å². The molecule has 1 amide bonds. The van der Waals surface area contributed by atoms with Crippen molar-refractivity contribution in [1.29, 1.82) is 0 Å². The van der Waals surface area contributed by atoms with Gasteiger partial charge in [0, 0.05) is 24.4 Å². The standard InChI is InChI=1S/C12H18N2O5S/c1-7(5-10(16)17)4-9(15)13-6-8-11(18-2)14-20-12(8)19-3/h7H,4-6H2,1-3H3,(H,13,15)(H,16,17). The highest BCUT2D eigenvalue weighted by Crippen LogP contribution is 2.32. The number of rotatable bonds is 8. The Labute approximate surface area is 121 Å². The maximum absolute atomic E-state index is 11.7. The Hall–Kier alpha value is -1.83. The lowest BCUT2D eigenvalue weighted by Crippen LogP contribution is -2.25. The van der Waals surface area contributed by atoms with E-state index in [1.54, 1.807) is 6.92 Å².